The zero-order valence-electron chi connectivity index (χ0n) is 16.9. The summed E-state index contributed by atoms with van der Waals surface area (Å²) < 4.78 is 32.5. The molecule has 2 aromatic rings. The second-order valence-electron chi connectivity index (χ2n) is 6.40. The molecule has 0 amide bonds. The van der Waals surface area contributed by atoms with E-state index < -0.39 is 21.9 Å². The fourth-order valence-corrected chi connectivity index (χ4v) is 3.97. The van der Waals surface area contributed by atoms with E-state index in [0.717, 1.165) is 0 Å². The Hall–Kier alpha value is -2.87. The van der Waals surface area contributed by atoms with Crippen molar-refractivity contribution in [2.24, 2.45) is 0 Å². The number of carbonyl (C=O) groups is 1. The first-order chi connectivity index (χ1) is 13.8. The molecule has 1 aliphatic heterocycles. The molecule has 1 aromatic heterocycles. The molecule has 2 atom stereocenters. The first-order valence-electron chi connectivity index (χ1n) is 9.44. The minimum atomic E-state index is -3.82. The number of aliphatic hydroxyl groups excluding tert-OH is 1. The largest absolute Gasteiger partial charge is 0.512 e. The van der Waals surface area contributed by atoms with Gasteiger partial charge in [0.15, 0.2) is 5.03 Å². The van der Waals surface area contributed by atoms with Crippen molar-refractivity contribution >= 4 is 21.7 Å². The van der Waals surface area contributed by atoms with E-state index in [2.05, 4.69) is 9.71 Å². The number of nitrogens with one attached hydrogen (secondary N) is 1. The minimum Gasteiger partial charge on any atom is -0.512 e. The Kier molecular flexibility index (Phi) is 7.39. The van der Waals surface area contributed by atoms with Gasteiger partial charge in [-0.1, -0.05) is 39.0 Å². The van der Waals surface area contributed by atoms with Gasteiger partial charge in [-0.25, -0.2) is 9.78 Å². The van der Waals surface area contributed by atoms with E-state index in [-0.39, 0.29) is 28.9 Å². The molecular formula is C21H26N2O5S. The second kappa shape index (κ2) is 9.56. The first-order valence-corrected chi connectivity index (χ1v) is 10.9. The van der Waals surface area contributed by atoms with Crippen molar-refractivity contribution in [3.8, 4) is 0 Å². The van der Waals surface area contributed by atoms with Crippen molar-refractivity contribution in [1.82, 2.24) is 4.98 Å². The van der Waals surface area contributed by atoms with Crippen LogP contribution in [0.5, 0.6) is 0 Å². The predicted molar refractivity (Wildman–Crippen MR) is 111 cm³/mol. The van der Waals surface area contributed by atoms with Crippen molar-refractivity contribution in [3.05, 3.63) is 65.6 Å². The summed E-state index contributed by atoms with van der Waals surface area (Å²) in [5.74, 6) is -1.01. The lowest BCUT2D eigenvalue weighted by Crippen LogP contribution is -2.26. The van der Waals surface area contributed by atoms with Crippen molar-refractivity contribution in [3.63, 3.8) is 0 Å². The number of cyclic esters (lactones) is 1. The summed E-state index contributed by atoms with van der Waals surface area (Å²) in [7, 11) is -3.82. The van der Waals surface area contributed by atoms with E-state index in [0.29, 0.717) is 11.3 Å². The third kappa shape index (κ3) is 5.35. The Morgan fingerprint density at radius 2 is 1.93 bits per heavy atom. The molecule has 0 fully saturated rings. The van der Waals surface area contributed by atoms with Crippen LogP contribution in [0.4, 0.5) is 5.69 Å². The van der Waals surface area contributed by atoms with Crippen LogP contribution in [0.1, 0.15) is 45.6 Å². The van der Waals surface area contributed by atoms with Crippen LogP contribution >= 0.6 is 0 Å². The molecule has 7 nitrogen and oxygen atoms in total. The van der Waals surface area contributed by atoms with Crippen LogP contribution in [-0.2, 0) is 19.6 Å². The molecule has 3 rings (SSSR count). The lowest BCUT2D eigenvalue weighted by Gasteiger charge is -2.25. The van der Waals surface area contributed by atoms with Gasteiger partial charge in [0.25, 0.3) is 10.0 Å². The van der Waals surface area contributed by atoms with Crippen molar-refractivity contribution in [1.29, 1.82) is 0 Å². The van der Waals surface area contributed by atoms with Crippen LogP contribution in [0.25, 0.3) is 0 Å². The number of aliphatic hydroxyl groups is 1. The number of hydrogen-bond acceptors (Lipinski definition) is 6. The summed E-state index contributed by atoms with van der Waals surface area (Å²) in [4.78, 5) is 16.0. The van der Waals surface area contributed by atoms with Gasteiger partial charge in [0.2, 0.25) is 0 Å². The summed E-state index contributed by atoms with van der Waals surface area (Å²) in [6.07, 6.45) is 1.29. The van der Waals surface area contributed by atoms with E-state index in [9.17, 15) is 18.3 Å². The summed E-state index contributed by atoms with van der Waals surface area (Å²) >= 11 is 0. The highest BCUT2D eigenvalue weighted by atomic mass is 32.2. The lowest BCUT2D eigenvalue weighted by molar-refractivity contribution is -0.146. The molecule has 0 aliphatic carbocycles. The fourth-order valence-electron chi connectivity index (χ4n) is 2.97. The van der Waals surface area contributed by atoms with Gasteiger partial charge in [-0.3, -0.25) is 4.72 Å². The Morgan fingerprint density at radius 3 is 2.55 bits per heavy atom. The molecule has 0 radical (unpaired) electrons. The summed E-state index contributed by atoms with van der Waals surface area (Å²) in [5, 5.41) is 10.1. The van der Waals surface area contributed by atoms with Gasteiger partial charge in [0.05, 0.1) is 5.57 Å². The Bertz CT molecular complexity index is 987. The molecule has 1 aliphatic rings. The van der Waals surface area contributed by atoms with Crippen molar-refractivity contribution in [2.75, 3.05) is 4.72 Å². The normalized spacial score (nSPS) is 17.7. The van der Waals surface area contributed by atoms with Gasteiger partial charge in [-0.15, -0.1) is 0 Å². The highest BCUT2D eigenvalue weighted by Crippen LogP contribution is 2.33. The first kappa shape index (κ1) is 22.4. The highest BCUT2D eigenvalue weighted by molar-refractivity contribution is 7.92. The number of aromatic nitrogens is 1. The lowest BCUT2D eigenvalue weighted by atomic mass is 9.89. The Balaban J connectivity index is 0.00000145. The Labute approximate surface area is 171 Å². The fraction of sp³-hybridized carbons (Fsp3) is 0.333. The standard InChI is InChI=1S/C19H20N2O5S.C2H6/c1-12-10-16(22)18(19(23)26-12)13(2)14-6-5-7-15(11-14)21-27(24,25)17-8-3-4-9-20-17;1-2/h3-9,11-13,21-22H,10H2,1-2H3;1-2H3. The summed E-state index contributed by atoms with van der Waals surface area (Å²) in [5.41, 5.74) is 1.20. The second-order valence-corrected chi connectivity index (χ2v) is 8.03. The number of hydrogen-bond donors (Lipinski definition) is 2. The summed E-state index contributed by atoms with van der Waals surface area (Å²) in [6, 6.07) is 11.3. The monoisotopic (exact) mass is 418 g/mol. The van der Waals surface area contributed by atoms with Crippen LogP contribution in [0.15, 0.2) is 65.0 Å². The number of anilines is 1. The van der Waals surface area contributed by atoms with Crippen molar-refractivity contribution in [2.45, 2.75) is 51.2 Å². The molecule has 0 saturated heterocycles. The number of pyridine rings is 1. The molecule has 0 saturated carbocycles. The number of rotatable bonds is 5. The third-order valence-corrected chi connectivity index (χ3v) is 5.60. The number of benzene rings is 1. The van der Waals surface area contributed by atoms with Gasteiger partial charge in [0.1, 0.15) is 11.9 Å². The van der Waals surface area contributed by atoms with E-state index in [1.807, 2.05) is 13.8 Å². The van der Waals surface area contributed by atoms with Gasteiger partial charge < -0.3 is 9.84 Å². The van der Waals surface area contributed by atoms with Gasteiger partial charge in [-0.05, 0) is 36.8 Å². The SMILES string of the molecule is CC.CC1CC(O)=C(C(C)c2cccc(NS(=O)(=O)c3ccccn3)c2)C(=O)O1. The average molecular weight is 419 g/mol. The van der Waals surface area contributed by atoms with Crippen LogP contribution in [-0.4, -0.2) is 30.6 Å². The molecule has 2 N–H and O–H groups in total. The highest BCUT2D eigenvalue weighted by Gasteiger charge is 2.31. The predicted octanol–water partition coefficient (Wildman–Crippen LogP) is 4.16. The molecule has 8 heteroatoms. The van der Waals surface area contributed by atoms with Crippen LogP contribution in [0.3, 0.4) is 0 Å². The number of nitrogens with zero attached hydrogens (tertiary/aromatic N) is 1. The Morgan fingerprint density at radius 1 is 1.21 bits per heavy atom. The topological polar surface area (TPSA) is 106 Å². The molecule has 1 aromatic carbocycles. The number of sulfonamides is 1. The van der Waals surface area contributed by atoms with Gasteiger partial charge >= 0.3 is 5.97 Å². The molecule has 156 valence electrons. The van der Waals surface area contributed by atoms with Crippen LogP contribution in [0, 0.1) is 0 Å². The maximum atomic E-state index is 12.4. The number of ether oxygens (including phenoxy) is 1. The summed E-state index contributed by atoms with van der Waals surface area (Å²) in [6.45, 7) is 7.47. The van der Waals surface area contributed by atoms with Crippen molar-refractivity contribution < 1.29 is 23.1 Å². The number of carbonyl (C=O) groups excluding carboxylic acids is 1. The van der Waals surface area contributed by atoms with Crippen LogP contribution < -0.4 is 4.72 Å². The molecular weight excluding hydrogens is 392 g/mol. The maximum absolute atomic E-state index is 12.4. The molecule has 0 bridgehead atoms. The number of esters is 1. The average Bonchev–Trinajstić information content (AvgIpc) is 2.69. The minimum absolute atomic E-state index is 0.00530. The van der Waals surface area contributed by atoms with Crippen LogP contribution in [0.2, 0.25) is 0 Å². The van der Waals surface area contributed by atoms with E-state index >= 15 is 0 Å². The van der Waals surface area contributed by atoms with Gasteiger partial charge in [-0.2, -0.15) is 8.42 Å². The third-order valence-electron chi connectivity index (χ3n) is 4.30. The smallest absolute Gasteiger partial charge is 0.338 e. The zero-order chi connectivity index (χ0) is 21.6. The molecule has 29 heavy (non-hydrogen) atoms. The molecule has 0 spiro atoms. The van der Waals surface area contributed by atoms with E-state index in [4.69, 9.17) is 4.74 Å². The zero-order valence-corrected chi connectivity index (χ0v) is 17.7. The van der Waals surface area contributed by atoms with E-state index in [1.165, 1.54) is 12.3 Å². The van der Waals surface area contributed by atoms with E-state index in [1.54, 1.807) is 50.2 Å². The molecule has 2 heterocycles. The molecule has 2 unspecified atom stereocenters. The quantitative estimate of drug-likeness (QED) is 0.706. The maximum Gasteiger partial charge on any atom is 0.338 e. The van der Waals surface area contributed by atoms with Gasteiger partial charge in [0, 0.05) is 24.2 Å².